The van der Waals surface area contributed by atoms with Gasteiger partial charge in [0, 0.05) is 10.5 Å². The van der Waals surface area contributed by atoms with Crippen LogP contribution in [-0.4, -0.2) is 17.1 Å². The van der Waals surface area contributed by atoms with Crippen LogP contribution in [0, 0.1) is 0 Å². The summed E-state index contributed by atoms with van der Waals surface area (Å²) in [6.07, 6.45) is 0. The fourth-order valence-electron chi connectivity index (χ4n) is 2.14. The van der Waals surface area contributed by atoms with E-state index < -0.39 is 0 Å². The highest BCUT2D eigenvalue weighted by atomic mass is 35.5. The van der Waals surface area contributed by atoms with Gasteiger partial charge in [-0.05, 0) is 37.3 Å². The number of halogens is 2. The molecule has 1 aliphatic heterocycles. The van der Waals surface area contributed by atoms with Gasteiger partial charge >= 0.3 is 0 Å². The maximum Gasteiger partial charge on any atom is 0.255 e. The van der Waals surface area contributed by atoms with Gasteiger partial charge in [-0.1, -0.05) is 29.3 Å². The molecule has 1 aliphatic rings. The summed E-state index contributed by atoms with van der Waals surface area (Å²) in [5.41, 5.74) is 1.51. The molecule has 2 N–H and O–H groups in total. The van der Waals surface area contributed by atoms with Crippen molar-refractivity contribution in [2.45, 2.75) is 17.1 Å². The highest BCUT2D eigenvalue weighted by Crippen LogP contribution is 2.36. The lowest BCUT2D eigenvalue weighted by Crippen LogP contribution is -2.26. The molecule has 0 aliphatic carbocycles. The third-order valence-electron chi connectivity index (χ3n) is 3.37. The van der Waals surface area contributed by atoms with Crippen molar-refractivity contribution >= 4 is 58.2 Å². The number of nitrogens with one attached hydrogen (secondary N) is 2. The zero-order valence-electron chi connectivity index (χ0n) is 12.0. The van der Waals surface area contributed by atoms with E-state index in [4.69, 9.17) is 23.2 Å². The number of amides is 2. The van der Waals surface area contributed by atoms with Crippen LogP contribution >= 0.6 is 35.0 Å². The summed E-state index contributed by atoms with van der Waals surface area (Å²) in [7, 11) is 0. The van der Waals surface area contributed by atoms with Crippen LogP contribution in [0.25, 0.3) is 0 Å². The molecule has 2 amide bonds. The number of thioether (sulfide) groups is 1. The molecule has 0 fully saturated rings. The first kappa shape index (κ1) is 16.2. The van der Waals surface area contributed by atoms with Gasteiger partial charge in [-0.15, -0.1) is 11.8 Å². The molecule has 3 rings (SSSR count). The van der Waals surface area contributed by atoms with E-state index >= 15 is 0 Å². The third kappa shape index (κ3) is 3.32. The normalized spacial score (nSPS) is 16.5. The smallest absolute Gasteiger partial charge is 0.255 e. The Labute approximate surface area is 147 Å². The minimum atomic E-state index is -0.324. The second-order valence-corrected chi connectivity index (χ2v) is 7.18. The lowest BCUT2D eigenvalue weighted by atomic mass is 10.1. The molecule has 1 heterocycles. The van der Waals surface area contributed by atoms with Crippen molar-refractivity contribution in [2.24, 2.45) is 0 Å². The Hall–Kier alpha value is -1.69. The van der Waals surface area contributed by atoms with Gasteiger partial charge in [-0.3, -0.25) is 9.59 Å². The van der Waals surface area contributed by atoms with E-state index in [1.807, 2.05) is 13.0 Å². The zero-order valence-corrected chi connectivity index (χ0v) is 14.4. The molecular formula is C16H12Cl2N2O2S. The summed E-state index contributed by atoms with van der Waals surface area (Å²) < 4.78 is 0. The lowest BCUT2D eigenvalue weighted by molar-refractivity contribution is -0.115. The third-order valence-corrected chi connectivity index (χ3v) is 5.37. The Kier molecular flexibility index (Phi) is 4.53. The van der Waals surface area contributed by atoms with Crippen molar-refractivity contribution in [1.82, 2.24) is 0 Å². The van der Waals surface area contributed by atoms with Gasteiger partial charge in [0.15, 0.2) is 0 Å². The second kappa shape index (κ2) is 6.43. The molecule has 1 atom stereocenters. The molecule has 0 aromatic heterocycles. The van der Waals surface area contributed by atoms with Crippen LogP contribution in [0.5, 0.6) is 0 Å². The van der Waals surface area contributed by atoms with Crippen molar-refractivity contribution in [3.63, 3.8) is 0 Å². The predicted molar refractivity (Wildman–Crippen MR) is 94.8 cm³/mol. The monoisotopic (exact) mass is 366 g/mol. The summed E-state index contributed by atoms with van der Waals surface area (Å²) in [6.45, 7) is 1.84. The molecule has 0 saturated carbocycles. The molecule has 0 spiro atoms. The van der Waals surface area contributed by atoms with Crippen molar-refractivity contribution in [3.05, 3.63) is 52.0 Å². The maximum absolute atomic E-state index is 12.4. The standard InChI is InChI=1S/C16H12Cl2N2O2S/c1-8-15(21)20-12-7-9(5-6-13(12)23-8)16(22)19-11-4-2-3-10(17)14(11)18/h2-8H,1H3,(H,19,22)(H,20,21). The molecule has 2 aromatic carbocycles. The van der Waals surface area contributed by atoms with Gasteiger partial charge in [0.05, 0.1) is 26.7 Å². The van der Waals surface area contributed by atoms with Crippen LogP contribution in [0.3, 0.4) is 0 Å². The van der Waals surface area contributed by atoms with E-state index in [1.165, 1.54) is 11.8 Å². The van der Waals surface area contributed by atoms with E-state index in [9.17, 15) is 9.59 Å². The number of carbonyl (C=O) groups is 2. The Morgan fingerprint density at radius 1 is 1.26 bits per heavy atom. The molecule has 0 saturated heterocycles. The van der Waals surface area contributed by atoms with E-state index in [-0.39, 0.29) is 22.1 Å². The van der Waals surface area contributed by atoms with Crippen LogP contribution in [0.1, 0.15) is 17.3 Å². The molecule has 0 bridgehead atoms. The Balaban J connectivity index is 1.85. The first-order valence-electron chi connectivity index (χ1n) is 6.82. The molecule has 7 heteroatoms. The van der Waals surface area contributed by atoms with Gasteiger partial charge in [0.25, 0.3) is 5.91 Å². The summed E-state index contributed by atoms with van der Waals surface area (Å²) in [6, 6.07) is 10.2. The predicted octanol–water partition coefficient (Wildman–Crippen LogP) is 4.68. The molecule has 23 heavy (non-hydrogen) atoms. The quantitative estimate of drug-likeness (QED) is 0.811. The Morgan fingerprint density at radius 2 is 2.04 bits per heavy atom. The second-order valence-electron chi connectivity index (χ2n) is 5.02. The van der Waals surface area contributed by atoms with Gasteiger partial charge < -0.3 is 10.6 Å². The summed E-state index contributed by atoms with van der Waals surface area (Å²) >= 11 is 13.5. The summed E-state index contributed by atoms with van der Waals surface area (Å²) in [4.78, 5) is 25.1. The topological polar surface area (TPSA) is 58.2 Å². The van der Waals surface area contributed by atoms with Crippen molar-refractivity contribution in [1.29, 1.82) is 0 Å². The fraction of sp³-hybridized carbons (Fsp3) is 0.125. The van der Waals surface area contributed by atoms with Crippen LogP contribution in [0.4, 0.5) is 11.4 Å². The molecule has 0 radical (unpaired) electrons. The molecular weight excluding hydrogens is 355 g/mol. The number of rotatable bonds is 2. The van der Waals surface area contributed by atoms with Crippen molar-refractivity contribution in [2.75, 3.05) is 10.6 Å². The number of benzene rings is 2. The van der Waals surface area contributed by atoms with Gasteiger partial charge in [-0.2, -0.15) is 0 Å². The van der Waals surface area contributed by atoms with E-state index in [0.29, 0.717) is 22.0 Å². The Morgan fingerprint density at radius 3 is 2.83 bits per heavy atom. The highest BCUT2D eigenvalue weighted by Gasteiger charge is 2.23. The van der Waals surface area contributed by atoms with Crippen molar-refractivity contribution in [3.8, 4) is 0 Å². The first-order valence-corrected chi connectivity index (χ1v) is 8.46. The molecule has 4 nitrogen and oxygen atoms in total. The summed E-state index contributed by atoms with van der Waals surface area (Å²) in [5, 5.41) is 6.03. The lowest BCUT2D eigenvalue weighted by Gasteiger charge is -2.21. The van der Waals surface area contributed by atoms with Crippen LogP contribution < -0.4 is 10.6 Å². The number of hydrogen-bond acceptors (Lipinski definition) is 3. The number of anilines is 2. The van der Waals surface area contributed by atoms with Crippen LogP contribution in [0.2, 0.25) is 10.0 Å². The van der Waals surface area contributed by atoms with E-state index in [1.54, 1.807) is 30.3 Å². The highest BCUT2D eigenvalue weighted by molar-refractivity contribution is 8.00. The van der Waals surface area contributed by atoms with Crippen LogP contribution in [0.15, 0.2) is 41.3 Å². The molecule has 2 aromatic rings. The molecule has 1 unspecified atom stereocenters. The first-order chi connectivity index (χ1) is 11.0. The fourth-order valence-corrected chi connectivity index (χ4v) is 3.42. The Bertz CT molecular complexity index is 811. The maximum atomic E-state index is 12.4. The number of carbonyl (C=O) groups excluding carboxylic acids is 2. The average molecular weight is 367 g/mol. The zero-order chi connectivity index (χ0) is 16.6. The van der Waals surface area contributed by atoms with Crippen molar-refractivity contribution < 1.29 is 9.59 Å². The molecule has 118 valence electrons. The van der Waals surface area contributed by atoms with Gasteiger partial charge in [-0.25, -0.2) is 0 Å². The number of hydrogen-bond donors (Lipinski definition) is 2. The average Bonchev–Trinajstić information content (AvgIpc) is 2.52. The minimum absolute atomic E-state index is 0.0713. The van der Waals surface area contributed by atoms with Gasteiger partial charge in [0.1, 0.15) is 0 Å². The van der Waals surface area contributed by atoms with E-state index in [0.717, 1.165) is 4.90 Å². The SMILES string of the molecule is CC1Sc2ccc(C(=O)Nc3cccc(Cl)c3Cl)cc2NC1=O. The van der Waals surface area contributed by atoms with Gasteiger partial charge in [0.2, 0.25) is 5.91 Å². The van der Waals surface area contributed by atoms with E-state index in [2.05, 4.69) is 10.6 Å². The minimum Gasteiger partial charge on any atom is -0.324 e. The van der Waals surface area contributed by atoms with Crippen LogP contribution in [-0.2, 0) is 4.79 Å². The largest absolute Gasteiger partial charge is 0.324 e. The number of fused-ring (bicyclic) bond motifs is 1. The summed E-state index contributed by atoms with van der Waals surface area (Å²) in [5.74, 6) is -0.396.